The number of nitrogens with zero attached hydrogens (tertiary/aromatic N) is 6. The Morgan fingerprint density at radius 2 is 1.91 bits per heavy atom. The van der Waals surface area contributed by atoms with Gasteiger partial charge in [0.05, 0.1) is 28.5 Å². The van der Waals surface area contributed by atoms with Gasteiger partial charge in [0.1, 0.15) is 6.07 Å². The maximum atomic E-state index is 15.0. The smallest absolute Gasteiger partial charge is 0.255 e. The summed E-state index contributed by atoms with van der Waals surface area (Å²) >= 11 is 6.55. The van der Waals surface area contributed by atoms with Crippen molar-refractivity contribution in [2.24, 2.45) is 0 Å². The second-order valence-corrected chi connectivity index (χ2v) is 10.8. The number of piperazine rings is 1. The molecule has 2 N–H and O–H groups in total. The molecule has 1 unspecified atom stereocenters. The number of benzene rings is 2. The fourth-order valence-electron chi connectivity index (χ4n) is 5.48. The van der Waals surface area contributed by atoms with Gasteiger partial charge in [-0.05, 0) is 49.7 Å². The highest BCUT2D eigenvalue weighted by Gasteiger charge is 2.31. The van der Waals surface area contributed by atoms with Gasteiger partial charge in [-0.1, -0.05) is 11.6 Å². The Morgan fingerprint density at radius 1 is 1.11 bits per heavy atom. The highest BCUT2D eigenvalue weighted by atomic mass is 35.5. The van der Waals surface area contributed by atoms with Crippen LogP contribution in [0.4, 0.5) is 20.3 Å². The summed E-state index contributed by atoms with van der Waals surface area (Å²) in [5.41, 5.74) is 1.43. The molecule has 226 valence electrons. The van der Waals surface area contributed by atoms with Crippen LogP contribution < -0.4 is 15.4 Å². The predicted octanol–water partition coefficient (Wildman–Crippen LogP) is 4.01. The molecule has 4 aromatic rings. The predicted molar refractivity (Wildman–Crippen MR) is 158 cm³/mol. The average molecular weight is 621 g/mol. The van der Waals surface area contributed by atoms with E-state index < -0.39 is 18.2 Å². The molecule has 2 saturated heterocycles. The topological polar surface area (TPSA) is 128 Å². The van der Waals surface area contributed by atoms with Crippen molar-refractivity contribution >= 4 is 40.6 Å². The SMILES string of the molecule is N#CCOc1ccc(-c2cnc3c(Nc4ccc(C(=O)N5CCN(C(=O)C6CCCN6)CC5)c(Cl)c4)nccn23)c(F)c1F. The summed E-state index contributed by atoms with van der Waals surface area (Å²) in [6, 6.07) is 9.10. The lowest BCUT2D eigenvalue weighted by atomic mass is 10.1. The van der Waals surface area contributed by atoms with Crippen LogP contribution >= 0.6 is 11.6 Å². The second-order valence-electron chi connectivity index (χ2n) is 10.4. The number of carbonyl (C=O) groups excluding carboxylic acids is 2. The minimum atomic E-state index is -1.21. The molecule has 11 nitrogen and oxygen atoms in total. The Balaban J connectivity index is 1.16. The minimum absolute atomic E-state index is 0.0530. The van der Waals surface area contributed by atoms with Crippen molar-refractivity contribution in [3.63, 3.8) is 0 Å². The molecular formula is C30H27ClF2N8O3. The number of hydrogen-bond donors (Lipinski definition) is 2. The molecular weight excluding hydrogens is 594 g/mol. The van der Waals surface area contributed by atoms with Gasteiger partial charge in [-0.2, -0.15) is 9.65 Å². The third-order valence-corrected chi connectivity index (χ3v) is 8.05. The molecule has 2 aromatic carbocycles. The maximum Gasteiger partial charge on any atom is 0.255 e. The summed E-state index contributed by atoms with van der Waals surface area (Å²) in [4.78, 5) is 38.1. The van der Waals surface area contributed by atoms with Crippen LogP contribution in [0.5, 0.6) is 5.75 Å². The first-order chi connectivity index (χ1) is 21.4. The van der Waals surface area contributed by atoms with Crippen LogP contribution in [0.25, 0.3) is 16.9 Å². The van der Waals surface area contributed by atoms with E-state index >= 15 is 0 Å². The summed E-state index contributed by atoms with van der Waals surface area (Å²) in [5, 5.41) is 15.2. The molecule has 44 heavy (non-hydrogen) atoms. The molecule has 0 saturated carbocycles. The fraction of sp³-hybridized carbons (Fsp3) is 0.300. The normalized spacial score (nSPS) is 16.6. The van der Waals surface area contributed by atoms with Crippen LogP contribution in [0.1, 0.15) is 23.2 Å². The first kappa shape index (κ1) is 29.3. The van der Waals surface area contributed by atoms with Gasteiger partial charge in [0.15, 0.2) is 29.6 Å². The van der Waals surface area contributed by atoms with Crippen molar-refractivity contribution in [1.82, 2.24) is 29.5 Å². The number of nitriles is 1. The van der Waals surface area contributed by atoms with Crippen molar-refractivity contribution in [1.29, 1.82) is 5.26 Å². The van der Waals surface area contributed by atoms with E-state index in [1.807, 2.05) is 0 Å². The Bertz CT molecular complexity index is 1780. The van der Waals surface area contributed by atoms with E-state index in [9.17, 15) is 18.4 Å². The van der Waals surface area contributed by atoms with E-state index in [0.717, 1.165) is 19.4 Å². The zero-order valence-electron chi connectivity index (χ0n) is 23.4. The molecule has 0 spiro atoms. The fourth-order valence-corrected chi connectivity index (χ4v) is 5.74. The van der Waals surface area contributed by atoms with Crippen molar-refractivity contribution in [3.05, 3.63) is 71.1 Å². The first-order valence-corrected chi connectivity index (χ1v) is 14.4. The molecule has 1 atom stereocenters. The quantitative estimate of drug-likeness (QED) is 0.317. The van der Waals surface area contributed by atoms with E-state index in [-0.39, 0.29) is 39.9 Å². The van der Waals surface area contributed by atoms with Crippen molar-refractivity contribution in [3.8, 4) is 23.1 Å². The van der Waals surface area contributed by atoms with Crippen molar-refractivity contribution in [2.75, 3.05) is 44.6 Å². The summed E-state index contributed by atoms with van der Waals surface area (Å²) in [6.07, 6.45) is 6.26. The van der Waals surface area contributed by atoms with E-state index in [2.05, 4.69) is 20.6 Å². The van der Waals surface area contributed by atoms with Gasteiger partial charge in [0.25, 0.3) is 5.91 Å². The lowest BCUT2D eigenvalue weighted by Gasteiger charge is -2.36. The number of fused-ring (bicyclic) bond motifs is 1. The monoisotopic (exact) mass is 620 g/mol. The highest BCUT2D eigenvalue weighted by molar-refractivity contribution is 6.34. The van der Waals surface area contributed by atoms with E-state index in [4.69, 9.17) is 21.6 Å². The van der Waals surface area contributed by atoms with E-state index in [1.54, 1.807) is 44.7 Å². The van der Waals surface area contributed by atoms with Gasteiger partial charge < -0.3 is 25.2 Å². The summed E-state index contributed by atoms with van der Waals surface area (Å²) < 4.78 is 36.0. The molecule has 6 rings (SSSR count). The summed E-state index contributed by atoms with van der Waals surface area (Å²) in [7, 11) is 0. The maximum absolute atomic E-state index is 15.0. The molecule has 2 aliphatic rings. The Hall–Kier alpha value is -4.80. The number of amides is 2. The number of imidazole rings is 1. The van der Waals surface area contributed by atoms with Crippen LogP contribution in [-0.4, -0.2) is 81.4 Å². The number of carbonyl (C=O) groups is 2. The highest BCUT2D eigenvalue weighted by Crippen LogP contribution is 2.32. The molecule has 2 aliphatic heterocycles. The molecule has 14 heteroatoms. The molecule has 2 amide bonds. The van der Waals surface area contributed by atoms with Gasteiger partial charge in [-0.25, -0.2) is 14.4 Å². The number of rotatable bonds is 7. The van der Waals surface area contributed by atoms with E-state index in [0.29, 0.717) is 48.9 Å². The standard InChI is InChI=1S/C30H27ClF2N8O3/c31-21-16-18(3-4-19(21)29(42)39-11-13-40(14-12-39)30(43)22-2-1-8-35-22)38-27-28-37-17-23(41(28)10-9-36-27)20-5-6-24(44-15-7-34)26(33)25(20)32/h3-6,9-10,16-17,22,35H,1-2,8,11-15H2,(H,36,38). The Labute approximate surface area is 256 Å². The van der Waals surface area contributed by atoms with Crippen LogP contribution in [0, 0.1) is 23.0 Å². The lowest BCUT2D eigenvalue weighted by Crippen LogP contribution is -2.54. The van der Waals surface area contributed by atoms with Gasteiger partial charge >= 0.3 is 0 Å². The average Bonchev–Trinajstić information content (AvgIpc) is 3.73. The third-order valence-electron chi connectivity index (χ3n) is 7.74. The molecule has 0 radical (unpaired) electrons. The van der Waals surface area contributed by atoms with Crippen LogP contribution in [0.3, 0.4) is 0 Å². The Kier molecular flexibility index (Phi) is 8.28. The molecule has 2 aromatic heterocycles. The molecule has 0 aliphatic carbocycles. The van der Waals surface area contributed by atoms with Crippen LogP contribution in [0.2, 0.25) is 5.02 Å². The van der Waals surface area contributed by atoms with Gasteiger partial charge in [-0.15, -0.1) is 0 Å². The first-order valence-electron chi connectivity index (χ1n) is 14.0. The molecule has 2 fully saturated rings. The van der Waals surface area contributed by atoms with Crippen LogP contribution in [0.15, 0.2) is 48.9 Å². The van der Waals surface area contributed by atoms with Crippen LogP contribution in [-0.2, 0) is 4.79 Å². The van der Waals surface area contributed by atoms with Gasteiger partial charge in [-0.3, -0.25) is 14.0 Å². The van der Waals surface area contributed by atoms with Crippen molar-refractivity contribution in [2.45, 2.75) is 18.9 Å². The molecule has 4 heterocycles. The largest absolute Gasteiger partial charge is 0.476 e. The Morgan fingerprint density at radius 3 is 2.64 bits per heavy atom. The number of hydrogen-bond acceptors (Lipinski definition) is 8. The molecule has 0 bridgehead atoms. The zero-order valence-corrected chi connectivity index (χ0v) is 24.2. The van der Waals surface area contributed by atoms with Gasteiger partial charge in [0.2, 0.25) is 11.7 Å². The zero-order chi connectivity index (χ0) is 30.8. The number of halogens is 3. The minimum Gasteiger partial charge on any atom is -0.476 e. The number of ether oxygens (including phenoxy) is 1. The van der Waals surface area contributed by atoms with E-state index in [1.165, 1.54) is 24.5 Å². The van der Waals surface area contributed by atoms with Crippen molar-refractivity contribution < 1.29 is 23.1 Å². The summed E-state index contributed by atoms with van der Waals surface area (Å²) in [6.45, 7) is 2.21. The summed E-state index contributed by atoms with van der Waals surface area (Å²) in [5.74, 6) is -2.52. The number of nitrogens with one attached hydrogen (secondary N) is 2. The third kappa shape index (κ3) is 5.61. The van der Waals surface area contributed by atoms with Gasteiger partial charge in [0, 0.05) is 49.8 Å². The number of aromatic nitrogens is 3. The second kappa shape index (κ2) is 12.4. The number of anilines is 2. The lowest BCUT2D eigenvalue weighted by molar-refractivity contribution is -0.134.